The Balaban J connectivity index is 1.62. The molecule has 31 heavy (non-hydrogen) atoms. The molecule has 0 spiro atoms. The monoisotopic (exact) mass is 442 g/mol. The van der Waals surface area contributed by atoms with Gasteiger partial charge < -0.3 is 19.7 Å². The molecule has 2 aromatic rings. The molecule has 2 aromatic carbocycles. The predicted octanol–water partition coefficient (Wildman–Crippen LogP) is 3.74. The molecule has 2 amide bonds. The van der Waals surface area contributed by atoms with E-state index in [2.05, 4.69) is 5.32 Å². The molecule has 1 aliphatic heterocycles. The molecule has 7 heteroatoms. The number of hydrogen-bond acceptors (Lipinski definition) is 4. The maximum atomic E-state index is 13.2. The number of carbonyl (C=O) groups is 2. The molecule has 164 valence electrons. The van der Waals surface area contributed by atoms with Gasteiger partial charge in [-0.05, 0) is 37.0 Å². The third-order valence-electron chi connectivity index (χ3n) is 6.15. The summed E-state index contributed by atoms with van der Waals surface area (Å²) in [4.78, 5) is 28.0. The van der Waals surface area contributed by atoms with Crippen molar-refractivity contribution in [2.24, 2.45) is 11.8 Å². The van der Waals surface area contributed by atoms with E-state index in [1.54, 1.807) is 43.4 Å². The van der Waals surface area contributed by atoms with Crippen molar-refractivity contribution in [3.63, 3.8) is 0 Å². The highest BCUT2D eigenvalue weighted by atomic mass is 35.5. The molecule has 0 bridgehead atoms. The van der Waals surface area contributed by atoms with Crippen molar-refractivity contribution in [2.75, 3.05) is 33.9 Å². The minimum absolute atomic E-state index is 0.0239. The highest BCUT2D eigenvalue weighted by molar-refractivity contribution is 6.33. The standard InChI is InChI=1S/C24H27ClN2O4/c1-30-16-9-10-17(22(11-16)31-2)19-13-27(24(29)18-5-3-4-6-21(18)25)14-20(19)23(28)26-12-15-7-8-15/h3-6,9-11,15,19-20H,7-8,12-14H2,1-2H3,(H,26,28)/t19-,20+/m0/s1. The molecule has 1 aliphatic carbocycles. The third-order valence-corrected chi connectivity index (χ3v) is 6.48. The molecule has 0 radical (unpaired) electrons. The number of rotatable bonds is 7. The molecule has 1 saturated heterocycles. The normalized spacial score (nSPS) is 20.4. The first kappa shape index (κ1) is 21.5. The van der Waals surface area contributed by atoms with Crippen molar-refractivity contribution in [2.45, 2.75) is 18.8 Å². The molecular formula is C24H27ClN2O4. The number of nitrogens with one attached hydrogen (secondary N) is 1. The number of ether oxygens (including phenoxy) is 2. The number of nitrogens with zero attached hydrogens (tertiary/aromatic N) is 1. The molecule has 2 aliphatic rings. The molecule has 4 rings (SSSR count). The van der Waals surface area contributed by atoms with Gasteiger partial charge in [0.15, 0.2) is 0 Å². The second kappa shape index (κ2) is 9.18. The summed E-state index contributed by atoms with van der Waals surface area (Å²) in [5, 5.41) is 3.50. The van der Waals surface area contributed by atoms with Crippen LogP contribution in [0.15, 0.2) is 42.5 Å². The zero-order valence-corrected chi connectivity index (χ0v) is 18.5. The summed E-state index contributed by atoms with van der Waals surface area (Å²) < 4.78 is 10.9. The van der Waals surface area contributed by atoms with Crippen molar-refractivity contribution in [1.29, 1.82) is 0 Å². The second-order valence-electron chi connectivity index (χ2n) is 8.20. The zero-order valence-electron chi connectivity index (χ0n) is 17.8. The van der Waals surface area contributed by atoms with E-state index >= 15 is 0 Å². The third kappa shape index (κ3) is 4.64. The molecule has 1 heterocycles. The lowest BCUT2D eigenvalue weighted by Gasteiger charge is -2.21. The van der Waals surface area contributed by atoms with Crippen LogP contribution >= 0.6 is 11.6 Å². The Bertz CT molecular complexity index is 976. The van der Waals surface area contributed by atoms with Crippen LogP contribution in [0.1, 0.15) is 34.7 Å². The first-order valence-corrected chi connectivity index (χ1v) is 10.9. The van der Waals surface area contributed by atoms with Crippen molar-refractivity contribution < 1.29 is 19.1 Å². The largest absolute Gasteiger partial charge is 0.497 e. The van der Waals surface area contributed by atoms with Gasteiger partial charge in [0.2, 0.25) is 5.91 Å². The van der Waals surface area contributed by atoms with Crippen molar-refractivity contribution in [1.82, 2.24) is 10.2 Å². The fourth-order valence-electron chi connectivity index (χ4n) is 4.18. The minimum Gasteiger partial charge on any atom is -0.497 e. The van der Waals surface area contributed by atoms with E-state index in [9.17, 15) is 9.59 Å². The maximum Gasteiger partial charge on any atom is 0.255 e. The van der Waals surface area contributed by atoms with Crippen LogP contribution in [0.5, 0.6) is 11.5 Å². The van der Waals surface area contributed by atoms with Crippen LogP contribution in [0.25, 0.3) is 0 Å². The summed E-state index contributed by atoms with van der Waals surface area (Å²) in [6.07, 6.45) is 2.33. The number of amides is 2. The number of hydrogen-bond donors (Lipinski definition) is 1. The number of halogens is 1. The van der Waals surface area contributed by atoms with Gasteiger partial charge in [-0.1, -0.05) is 29.8 Å². The van der Waals surface area contributed by atoms with E-state index in [1.165, 1.54) is 0 Å². The minimum atomic E-state index is -0.368. The van der Waals surface area contributed by atoms with Gasteiger partial charge in [0, 0.05) is 37.2 Å². The average molecular weight is 443 g/mol. The predicted molar refractivity (Wildman–Crippen MR) is 119 cm³/mol. The topological polar surface area (TPSA) is 67.9 Å². The zero-order chi connectivity index (χ0) is 22.0. The van der Waals surface area contributed by atoms with Crippen molar-refractivity contribution in [3.8, 4) is 11.5 Å². The van der Waals surface area contributed by atoms with E-state index in [4.69, 9.17) is 21.1 Å². The highest BCUT2D eigenvalue weighted by Crippen LogP contribution is 2.40. The van der Waals surface area contributed by atoms with Gasteiger partial charge in [-0.15, -0.1) is 0 Å². The van der Waals surface area contributed by atoms with Gasteiger partial charge in [-0.25, -0.2) is 0 Å². The summed E-state index contributed by atoms with van der Waals surface area (Å²) >= 11 is 6.26. The lowest BCUT2D eigenvalue weighted by atomic mass is 9.87. The van der Waals surface area contributed by atoms with E-state index in [0.717, 1.165) is 18.4 Å². The maximum absolute atomic E-state index is 13.2. The Labute approximate surface area is 187 Å². The van der Waals surface area contributed by atoms with Gasteiger partial charge in [-0.3, -0.25) is 9.59 Å². The molecule has 6 nitrogen and oxygen atoms in total. The van der Waals surface area contributed by atoms with Crippen LogP contribution in [-0.2, 0) is 4.79 Å². The van der Waals surface area contributed by atoms with Crippen LogP contribution in [0, 0.1) is 11.8 Å². The van der Waals surface area contributed by atoms with Crippen LogP contribution in [0.4, 0.5) is 0 Å². The Morgan fingerprint density at radius 3 is 2.55 bits per heavy atom. The van der Waals surface area contributed by atoms with Gasteiger partial charge in [-0.2, -0.15) is 0 Å². The number of benzene rings is 2. The summed E-state index contributed by atoms with van der Waals surface area (Å²) in [6.45, 7) is 1.44. The Morgan fingerprint density at radius 1 is 1.10 bits per heavy atom. The van der Waals surface area contributed by atoms with Gasteiger partial charge in [0.05, 0.1) is 30.7 Å². The van der Waals surface area contributed by atoms with Crippen LogP contribution < -0.4 is 14.8 Å². The lowest BCUT2D eigenvalue weighted by molar-refractivity contribution is -0.125. The fourth-order valence-corrected chi connectivity index (χ4v) is 4.39. The fraction of sp³-hybridized carbons (Fsp3) is 0.417. The van der Waals surface area contributed by atoms with Crippen molar-refractivity contribution >= 4 is 23.4 Å². The molecule has 0 aromatic heterocycles. The van der Waals surface area contributed by atoms with Crippen LogP contribution in [0.3, 0.4) is 0 Å². The van der Waals surface area contributed by atoms with E-state index in [0.29, 0.717) is 47.6 Å². The summed E-state index contributed by atoms with van der Waals surface area (Å²) in [6, 6.07) is 12.6. The molecule has 1 N–H and O–H groups in total. The SMILES string of the molecule is COc1ccc([C@@H]2CN(C(=O)c3ccccc3Cl)C[C@H]2C(=O)NCC2CC2)c(OC)c1. The number of methoxy groups -OCH3 is 2. The number of likely N-dealkylation sites (tertiary alicyclic amines) is 1. The van der Waals surface area contributed by atoms with E-state index < -0.39 is 0 Å². The van der Waals surface area contributed by atoms with Crippen LogP contribution in [0.2, 0.25) is 5.02 Å². The Kier molecular flexibility index (Phi) is 6.37. The first-order valence-electron chi connectivity index (χ1n) is 10.5. The smallest absolute Gasteiger partial charge is 0.255 e. The molecule has 1 saturated carbocycles. The van der Waals surface area contributed by atoms with Crippen LogP contribution in [-0.4, -0.2) is 50.6 Å². The average Bonchev–Trinajstić information content (AvgIpc) is 3.52. The van der Waals surface area contributed by atoms with Gasteiger partial charge in [0.25, 0.3) is 5.91 Å². The van der Waals surface area contributed by atoms with Crippen molar-refractivity contribution in [3.05, 3.63) is 58.6 Å². The first-order chi connectivity index (χ1) is 15.0. The summed E-state index contributed by atoms with van der Waals surface area (Å²) in [5.74, 6) is 1.16. The van der Waals surface area contributed by atoms with E-state index in [1.807, 2.05) is 18.2 Å². The summed E-state index contributed by atoms with van der Waals surface area (Å²) in [5.41, 5.74) is 1.34. The van der Waals surface area contributed by atoms with Gasteiger partial charge in [0.1, 0.15) is 11.5 Å². The van der Waals surface area contributed by atoms with Gasteiger partial charge >= 0.3 is 0 Å². The Morgan fingerprint density at radius 2 is 1.87 bits per heavy atom. The number of carbonyl (C=O) groups excluding carboxylic acids is 2. The Hall–Kier alpha value is -2.73. The highest BCUT2D eigenvalue weighted by Gasteiger charge is 2.42. The summed E-state index contributed by atoms with van der Waals surface area (Å²) in [7, 11) is 3.20. The quantitative estimate of drug-likeness (QED) is 0.709. The van der Waals surface area contributed by atoms with E-state index in [-0.39, 0.29) is 23.7 Å². The second-order valence-corrected chi connectivity index (χ2v) is 8.61. The molecule has 2 atom stereocenters. The molecular weight excluding hydrogens is 416 g/mol. The lowest BCUT2D eigenvalue weighted by Crippen LogP contribution is -2.36. The molecule has 0 unspecified atom stereocenters. The molecule has 2 fully saturated rings.